The van der Waals surface area contributed by atoms with Gasteiger partial charge in [-0.25, -0.2) is 23.1 Å². The zero-order valence-corrected chi connectivity index (χ0v) is 17.1. The van der Waals surface area contributed by atoms with Gasteiger partial charge in [-0.2, -0.15) is 0 Å². The standard InChI is InChI=1S/C20H25N3O4S/c1-13-12-14(2)22-20(21-13)27-18-8-6-17(7-9-18)23-28(25,26)19-10-4-16(5-11-19)15(3)24/h4-5,10-12,17-18,23H,6-9H2,1-3H3. The molecule has 1 aliphatic rings. The summed E-state index contributed by atoms with van der Waals surface area (Å²) in [6.07, 6.45) is 2.80. The van der Waals surface area contributed by atoms with Crippen LogP contribution < -0.4 is 9.46 Å². The van der Waals surface area contributed by atoms with E-state index >= 15 is 0 Å². The molecule has 2 aromatic rings. The number of carbonyl (C=O) groups excluding carboxylic acids is 1. The number of nitrogens with zero attached hydrogens (tertiary/aromatic N) is 2. The van der Waals surface area contributed by atoms with Crippen molar-refractivity contribution in [2.45, 2.75) is 63.5 Å². The normalized spacial score (nSPS) is 20.0. The van der Waals surface area contributed by atoms with Crippen LogP contribution >= 0.6 is 0 Å². The molecule has 1 heterocycles. The lowest BCUT2D eigenvalue weighted by atomic mass is 9.94. The Labute approximate surface area is 165 Å². The summed E-state index contributed by atoms with van der Waals surface area (Å²) in [5, 5.41) is 0. The first-order valence-electron chi connectivity index (χ1n) is 9.35. The maximum absolute atomic E-state index is 12.6. The fraction of sp³-hybridized carbons (Fsp3) is 0.450. The van der Waals surface area contributed by atoms with Gasteiger partial charge in [-0.3, -0.25) is 4.79 Å². The third-order valence-electron chi connectivity index (χ3n) is 4.80. The van der Waals surface area contributed by atoms with Crippen LogP contribution in [0.15, 0.2) is 35.2 Å². The number of benzene rings is 1. The molecular formula is C20H25N3O4S. The molecule has 1 aromatic heterocycles. The van der Waals surface area contributed by atoms with E-state index in [1.54, 1.807) is 0 Å². The number of ketones is 1. The van der Waals surface area contributed by atoms with Crippen molar-refractivity contribution in [2.75, 3.05) is 0 Å². The van der Waals surface area contributed by atoms with Crippen LogP contribution in [0.3, 0.4) is 0 Å². The number of hydrogen-bond acceptors (Lipinski definition) is 6. The molecule has 1 fully saturated rings. The Morgan fingerprint density at radius 1 is 1.04 bits per heavy atom. The Morgan fingerprint density at radius 2 is 1.61 bits per heavy atom. The van der Waals surface area contributed by atoms with Crippen molar-refractivity contribution in [1.29, 1.82) is 0 Å². The average molecular weight is 404 g/mol. The lowest BCUT2D eigenvalue weighted by Gasteiger charge is -2.28. The quantitative estimate of drug-likeness (QED) is 0.745. The van der Waals surface area contributed by atoms with Crippen LogP contribution in [0.25, 0.3) is 0 Å². The number of carbonyl (C=O) groups is 1. The number of sulfonamides is 1. The molecule has 0 unspecified atom stereocenters. The highest BCUT2D eigenvalue weighted by atomic mass is 32.2. The molecule has 1 saturated carbocycles. The summed E-state index contributed by atoms with van der Waals surface area (Å²) >= 11 is 0. The van der Waals surface area contributed by atoms with E-state index in [4.69, 9.17) is 4.74 Å². The fourth-order valence-corrected chi connectivity index (χ4v) is 4.66. The molecule has 8 heteroatoms. The lowest BCUT2D eigenvalue weighted by molar-refractivity contribution is 0.101. The third-order valence-corrected chi connectivity index (χ3v) is 6.34. The second-order valence-corrected chi connectivity index (χ2v) is 8.94. The van der Waals surface area contributed by atoms with Crippen molar-refractivity contribution in [3.8, 4) is 6.01 Å². The van der Waals surface area contributed by atoms with E-state index in [1.165, 1.54) is 31.2 Å². The predicted molar refractivity (Wildman–Crippen MR) is 105 cm³/mol. The molecule has 28 heavy (non-hydrogen) atoms. The number of hydrogen-bond donors (Lipinski definition) is 1. The van der Waals surface area contributed by atoms with Crippen molar-refractivity contribution in [3.63, 3.8) is 0 Å². The van der Waals surface area contributed by atoms with Gasteiger partial charge < -0.3 is 4.74 Å². The number of ether oxygens (including phenoxy) is 1. The summed E-state index contributed by atoms with van der Waals surface area (Å²) in [5.41, 5.74) is 2.21. The summed E-state index contributed by atoms with van der Waals surface area (Å²) in [5.74, 6) is -0.0944. The van der Waals surface area contributed by atoms with E-state index in [2.05, 4.69) is 14.7 Å². The molecular weight excluding hydrogens is 378 g/mol. The van der Waals surface area contributed by atoms with Crippen molar-refractivity contribution < 1.29 is 17.9 Å². The first-order valence-corrected chi connectivity index (χ1v) is 10.8. The van der Waals surface area contributed by atoms with Crippen LogP contribution in [-0.2, 0) is 10.0 Å². The zero-order valence-electron chi connectivity index (χ0n) is 16.3. The Morgan fingerprint density at radius 3 is 2.14 bits per heavy atom. The maximum Gasteiger partial charge on any atom is 0.317 e. The number of nitrogens with one attached hydrogen (secondary N) is 1. The van der Waals surface area contributed by atoms with Crippen molar-refractivity contribution in [1.82, 2.24) is 14.7 Å². The van der Waals surface area contributed by atoms with Gasteiger partial charge in [0.1, 0.15) is 6.10 Å². The van der Waals surface area contributed by atoms with Gasteiger partial charge in [-0.1, -0.05) is 12.1 Å². The van der Waals surface area contributed by atoms with Crippen LogP contribution in [0.4, 0.5) is 0 Å². The van der Waals surface area contributed by atoms with Crippen LogP contribution in [0.5, 0.6) is 6.01 Å². The van der Waals surface area contributed by atoms with Crippen LogP contribution in [-0.4, -0.2) is 36.3 Å². The highest BCUT2D eigenvalue weighted by molar-refractivity contribution is 7.89. The molecule has 0 saturated heterocycles. The van der Waals surface area contributed by atoms with Gasteiger partial charge in [0.25, 0.3) is 0 Å². The fourth-order valence-electron chi connectivity index (χ4n) is 3.35. The van der Waals surface area contributed by atoms with Crippen molar-refractivity contribution in [2.24, 2.45) is 0 Å². The van der Waals surface area contributed by atoms with Gasteiger partial charge in [0.05, 0.1) is 4.90 Å². The average Bonchev–Trinajstić information content (AvgIpc) is 2.62. The van der Waals surface area contributed by atoms with E-state index in [1.807, 2.05) is 19.9 Å². The molecule has 7 nitrogen and oxygen atoms in total. The molecule has 0 atom stereocenters. The van der Waals surface area contributed by atoms with E-state index in [0.29, 0.717) is 24.4 Å². The summed E-state index contributed by atoms with van der Waals surface area (Å²) in [6, 6.07) is 8.12. The number of Topliss-reactive ketones (excluding diaryl/α,β-unsaturated/α-hetero) is 1. The van der Waals surface area contributed by atoms with Gasteiger partial charge in [-0.05, 0) is 64.7 Å². The Hall–Kier alpha value is -2.32. The minimum atomic E-state index is -3.62. The topological polar surface area (TPSA) is 98.2 Å². The Bertz CT molecular complexity index is 930. The number of aromatic nitrogens is 2. The summed E-state index contributed by atoms with van der Waals surface area (Å²) in [4.78, 5) is 20.1. The highest BCUT2D eigenvalue weighted by Gasteiger charge is 2.27. The van der Waals surface area contributed by atoms with E-state index in [9.17, 15) is 13.2 Å². The summed E-state index contributed by atoms with van der Waals surface area (Å²) in [7, 11) is -3.62. The molecule has 0 spiro atoms. The molecule has 1 N–H and O–H groups in total. The maximum atomic E-state index is 12.6. The van der Waals surface area contributed by atoms with Gasteiger partial charge in [0, 0.05) is 23.0 Å². The molecule has 0 aliphatic heterocycles. The second kappa shape index (κ2) is 8.36. The smallest absolute Gasteiger partial charge is 0.317 e. The summed E-state index contributed by atoms with van der Waals surface area (Å²) in [6.45, 7) is 5.25. The van der Waals surface area contributed by atoms with Crippen LogP contribution in [0.1, 0.15) is 54.4 Å². The van der Waals surface area contributed by atoms with Crippen LogP contribution in [0, 0.1) is 13.8 Å². The van der Waals surface area contributed by atoms with Gasteiger partial charge in [0.15, 0.2) is 5.78 Å². The number of rotatable bonds is 6. The third kappa shape index (κ3) is 5.14. The van der Waals surface area contributed by atoms with Gasteiger partial charge in [-0.15, -0.1) is 0 Å². The second-order valence-electron chi connectivity index (χ2n) is 7.23. The minimum absolute atomic E-state index is 0.0168. The van der Waals surface area contributed by atoms with Crippen molar-refractivity contribution >= 4 is 15.8 Å². The highest BCUT2D eigenvalue weighted by Crippen LogP contribution is 2.24. The molecule has 0 bridgehead atoms. The van der Waals surface area contributed by atoms with E-state index in [-0.39, 0.29) is 22.8 Å². The van der Waals surface area contributed by atoms with E-state index < -0.39 is 10.0 Å². The van der Waals surface area contributed by atoms with E-state index in [0.717, 1.165) is 24.2 Å². The molecule has 150 valence electrons. The first kappa shape index (κ1) is 20.4. The first-order chi connectivity index (χ1) is 13.2. The molecule has 3 rings (SSSR count). The van der Waals surface area contributed by atoms with Crippen LogP contribution in [0.2, 0.25) is 0 Å². The van der Waals surface area contributed by atoms with Gasteiger partial charge in [0.2, 0.25) is 10.0 Å². The molecule has 0 radical (unpaired) electrons. The number of aryl methyl sites for hydroxylation is 2. The Kier molecular flexibility index (Phi) is 6.10. The zero-order chi connectivity index (χ0) is 20.3. The predicted octanol–water partition coefficient (Wildman–Crippen LogP) is 2.96. The Balaban J connectivity index is 1.56. The minimum Gasteiger partial charge on any atom is -0.460 e. The largest absolute Gasteiger partial charge is 0.460 e. The van der Waals surface area contributed by atoms with Crippen molar-refractivity contribution in [3.05, 3.63) is 47.3 Å². The summed E-state index contributed by atoms with van der Waals surface area (Å²) < 4.78 is 33.8. The monoisotopic (exact) mass is 403 g/mol. The molecule has 1 aliphatic carbocycles. The molecule has 0 amide bonds. The SMILES string of the molecule is CC(=O)c1ccc(S(=O)(=O)NC2CCC(Oc3nc(C)cc(C)n3)CC2)cc1. The molecule has 1 aromatic carbocycles. The van der Waals surface area contributed by atoms with Gasteiger partial charge >= 0.3 is 6.01 Å². The lowest BCUT2D eigenvalue weighted by Crippen LogP contribution is -2.39.